The summed E-state index contributed by atoms with van der Waals surface area (Å²) in [5.74, 6) is 0. The van der Waals surface area contributed by atoms with Crippen molar-refractivity contribution in [3.63, 3.8) is 0 Å². The molecule has 1 N–H and O–H groups in total. The van der Waals surface area contributed by atoms with Crippen LogP contribution in [0.3, 0.4) is 0 Å². The third-order valence-electron chi connectivity index (χ3n) is 4.67. The van der Waals surface area contributed by atoms with Crippen molar-refractivity contribution in [3.8, 4) is 0 Å². The first-order chi connectivity index (χ1) is 10.2. The summed E-state index contributed by atoms with van der Waals surface area (Å²) in [6.07, 6.45) is 5.65. The lowest BCUT2D eigenvalue weighted by Crippen LogP contribution is -2.41. The molecule has 0 radical (unpaired) electrons. The van der Waals surface area contributed by atoms with Gasteiger partial charge in [-0.1, -0.05) is 24.6 Å². The average Bonchev–Trinajstić information content (AvgIpc) is 2.49. The molecule has 2 atom stereocenters. The molecule has 1 aromatic heterocycles. The Morgan fingerprint density at radius 1 is 1.38 bits per heavy atom. The Morgan fingerprint density at radius 2 is 2.24 bits per heavy atom. The molecule has 1 fully saturated rings. The van der Waals surface area contributed by atoms with Gasteiger partial charge in [0.15, 0.2) is 0 Å². The van der Waals surface area contributed by atoms with E-state index in [9.17, 15) is 5.11 Å². The van der Waals surface area contributed by atoms with E-state index in [0.717, 1.165) is 23.0 Å². The Balaban J connectivity index is 2.04. The molecule has 2 aromatic rings. The zero-order chi connectivity index (χ0) is 14.8. The highest BCUT2D eigenvalue weighted by atomic mass is 16.3. The van der Waals surface area contributed by atoms with E-state index in [4.69, 9.17) is 0 Å². The highest BCUT2D eigenvalue weighted by molar-refractivity contribution is 5.82. The van der Waals surface area contributed by atoms with Gasteiger partial charge in [0.2, 0.25) is 0 Å². The van der Waals surface area contributed by atoms with E-state index in [-0.39, 0.29) is 12.6 Å². The van der Waals surface area contributed by atoms with Crippen LogP contribution in [0.1, 0.15) is 43.4 Å². The monoisotopic (exact) mass is 284 g/mol. The standard InChI is InChI=1S/C18H24N2O/c1-13-10-15-7-5-8-16(18(15)19-11-13)17(12-21)20-9-4-3-6-14(20)2/h5,7-8,10-11,14,17,21H,3-4,6,9,12H2,1-2H3/t14-,17+/m1/s1. The van der Waals surface area contributed by atoms with E-state index in [2.05, 4.69) is 48.0 Å². The minimum absolute atomic E-state index is 0.0548. The lowest BCUT2D eigenvalue weighted by atomic mass is 9.96. The fraction of sp³-hybridized carbons (Fsp3) is 0.500. The molecule has 2 heterocycles. The third kappa shape index (κ3) is 2.81. The minimum atomic E-state index is 0.0548. The fourth-order valence-electron chi connectivity index (χ4n) is 3.53. The first kappa shape index (κ1) is 14.5. The highest BCUT2D eigenvalue weighted by Gasteiger charge is 2.28. The number of rotatable bonds is 3. The second kappa shape index (κ2) is 6.12. The molecule has 0 unspecified atom stereocenters. The van der Waals surface area contributed by atoms with Crippen LogP contribution in [0.5, 0.6) is 0 Å². The second-order valence-electron chi connectivity index (χ2n) is 6.21. The number of hydrogen-bond donors (Lipinski definition) is 1. The number of aliphatic hydroxyl groups is 1. The van der Waals surface area contributed by atoms with Gasteiger partial charge in [-0.15, -0.1) is 0 Å². The van der Waals surface area contributed by atoms with Crippen molar-refractivity contribution in [2.24, 2.45) is 0 Å². The van der Waals surface area contributed by atoms with Crippen molar-refractivity contribution in [1.29, 1.82) is 0 Å². The topological polar surface area (TPSA) is 36.4 Å². The summed E-state index contributed by atoms with van der Waals surface area (Å²) < 4.78 is 0. The zero-order valence-electron chi connectivity index (χ0n) is 12.9. The van der Waals surface area contributed by atoms with Gasteiger partial charge in [-0.2, -0.15) is 0 Å². The summed E-state index contributed by atoms with van der Waals surface area (Å²) in [7, 11) is 0. The molecule has 0 saturated carbocycles. The third-order valence-corrected chi connectivity index (χ3v) is 4.67. The molecule has 1 aliphatic rings. The summed E-state index contributed by atoms with van der Waals surface area (Å²) >= 11 is 0. The van der Waals surface area contributed by atoms with Crippen LogP contribution in [0.2, 0.25) is 0 Å². The van der Waals surface area contributed by atoms with Gasteiger partial charge in [-0.3, -0.25) is 9.88 Å². The van der Waals surface area contributed by atoms with Gasteiger partial charge in [-0.25, -0.2) is 0 Å². The number of aromatic nitrogens is 1. The van der Waals surface area contributed by atoms with Crippen LogP contribution >= 0.6 is 0 Å². The molecule has 0 aliphatic carbocycles. The lowest BCUT2D eigenvalue weighted by molar-refractivity contribution is 0.0650. The number of aliphatic hydroxyl groups excluding tert-OH is 1. The first-order valence-electron chi connectivity index (χ1n) is 7.92. The van der Waals surface area contributed by atoms with E-state index in [1.54, 1.807) is 0 Å². The number of piperidine rings is 1. The van der Waals surface area contributed by atoms with E-state index < -0.39 is 0 Å². The predicted octanol–water partition coefficient (Wildman–Crippen LogP) is 3.45. The van der Waals surface area contributed by atoms with Crippen molar-refractivity contribution in [2.75, 3.05) is 13.2 Å². The molecule has 3 nitrogen and oxygen atoms in total. The number of fused-ring (bicyclic) bond motifs is 1. The quantitative estimate of drug-likeness (QED) is 0.938. The number of hydrogen-bond acceptors (Lipinski definition) is 3. The molecule has 0 bridgehead atoms. The average molecular weight is 284 g/mol. The van der Waals surface area contributed by atoms with E-state index >= 15 is 0 Å². The minimum Gasteiger partial charge on any atom is -0.394 e. The normalized spacial score (nSPS) is 21.6. The van der Waals surface area contributed by atoms with Gasteiger partial charge >= 0.3 is 0 Å². The molecule has 1 saturated heterocycles. The Morgan fingerprint density at radius 3 is 3.00 bits per heavy atom. The van der Waals surface area contributed by atoms with Crippen molar-refractivity contribution >= 4 is 10.9 Å². The molecule has 3 rings (SSSR count). The van der Waals surface area contributed by atoms with Crippen LogP contribution < -0.4 is 0 Å². The summed E-state index contributed by atoms with van der Waals surface area (Å²) in [5, 5.41) is 11.2. The van der Waals surface area contributed by atoms with E-state index in [1.807, 2.05) is 6.20 Å². The lowest BCUT2D eigenvalue weighted by Gasteiger charge is -2.39. The molecule has 21 heavy (non-hydrogen) atoms. The number of aryl methyl sites for hydroxylation is 1. The first-order valence-corrected chi connectivity index (χ1v) is 7.92. The summed E-state index contributed by atoms with van der Waals surface area (Å²) in [4.78, 5) is 7.08. The van der Waals surface area contributed by atoms with Gasteiger partial charge in [0.25, 0.3) is 0 Å². The Hall–Kier alpha value is -1.45. The SMILES string of the molecule is Cc1cnc2c([C@H](CO)N3CCCC[C@H]3C)cccc2c1. The number of likely N-dealkylation sites (tertiary alicyclic amines) is 1. The smallest absolute Gasteiger partial charge is 0.0750 e. The molecule has 112 valence electrons. The fourth-order valence-corrected chi connectivity index (χ4v) is 3.53. The van der Waals surface area contributed by atoms with Crippen molar-refractivity contribution in [2.45, 2.75) is 45.2 Å². The maximum Gasteiger partial charge on any atom is 0.0750 e. The Labute approximate surface area is 126 Å². The number of benzene rings is 1. The summed E-state index contributed by atoms with van der Waals surface area (Å²) in [5.41, 5.74) is 3.36. The van der Waals surface area contributed by atoms with Gasteiger partial charge in [0, 0.05) is 17.6 Å². The highest BCUT2D eigenvalue weighted by Crippen LogP contribution is 2.31. The van der Waals surface area contributed by atoms with E-state index in [0.29, 0.717) is 6.04 Å². The Kier molecular flexibility index (Phi) is 4.22. The van der Waals surface area contributed by atoms with Gasteiger partial charge in [0.1, 0.15) is 0 Å². The van der Waals surface area contributed by atoms with Crippen molar-refractivity contribution in [1.82, 2.24) is 9.88 Å². The van der Waals surface area contributed by atoms with Crippen LogP contribution in [-0.4, -0.2) is 34.2 Å². The number of para-hydroxylation sites is 1. The molecule has 1 aromatic carbocycles. The molecular weight excluding hydrogens is 260 g/mol. The Bertz CT molecular complexity index is 626. The largest absolute Gasteiger partial charge is 0.394 e. The van der Waals surface area contributed by atoms with Gasteiger partial charge in [0.05, 0.1) is 18.2 Å². The van der Waals surface area contributed by atoms with Crippen molar-refractivity contribution < 1.29 is 5.11 Å². The summed E-state index contributed by atoms with van der Waals surface area (Å²) in [6.45, 7) is 5.55. The van der Waals surface area contributed by atoms with Gasteiger partial charge < -0.3 is 5.11 Å². The number of nitrogens with zero attached hydrogens (tertiary/aromatic N) is 2. The molecular formula is C18H24N2O. The maximum absolute atomic E-state index is 9.99. The number of pyridine rings is 1. The van der Waals surface area contributed by atoms with Crippen LogP contribution in [0.15, 0.2) is 30.5 Å². The molecule has 0 amide bonds. The molecule has 0 spiro atoms. The zero-order valence-corrected chi connectivity index (χ0v) is 12.9. The van der Waals surface area contributed by atoms with E-state index in [1.165, 1.54) is 24.8 Å². The predicted molar refractivity (Wildman–Crippen MR) is 86.3 cm³/mol. The van der Waals surface area contributed by atoms with Crippen molar-refractivity contribution in [3.05, 3.63) is 41.6 Å². The van der Waals surface area contributed by atoms with Gasteiger partial charge in [-0.05, 0) is 50.4 Å². The molecule has 1 aliphatic heterocycles. The maximum atomic E-state index is 9.99. The van der Waals surface area contributed by atoms with Crippen LogP contribution in [0, 0.1) is 6.92 Å². The van der Waals surface area contributed by atoms with Crippen LogP contribution in [0.25, 0.3) is 10.9 Å². The van der Waals surface area contributed by atoms with Crippen LogP contribution in [0.4, 0.5) is 0 Å². The van der Waals surface area contributed by atoms with Crippen LogP contribution in [-0.2, 0) is 0 Å². The second-order valence-corrected chi connectivity index (χ2v) is 6.21. The summed E-state index contributed by atoms with van der Waals surface area (Å²) in [6, 6.07) is 9.05. The molecule has 3 heteroatoms.